The van der Waals surface area contributed by atoms with Gasteiger partial charge >= 0.3 is 6.03 Å². The van der Waals surface area contributed by atoms with Crippen LogP contribution in [0.25, 0.3) is 11.3 Å². The Morgan fingerprint density at radius 1 is 0.950 bits per heavy atom. The van der Waals surface area contributed by atoms with Gasteiger partial charge in [0, 0.05) is 51.4 Å². The minimum Gasteiger partial charge on any atom is -0.506 e. The van der Waals surface area contributed by atoms with Crippen molar-refractivity contribution in [1.82, 2.24) is 25.4 Å². The molecule has 1 atom stereocenters. The third-order valence-electron chi connectivity index (χ3n) is 8.26. The largest absolute Gasteiger partial charge is 0.506 e. The van der Waals surface area contributed by atoms with Crippen molar-refractivity contribution in [2.24, 2.45) is 0 Å². The van der Waals surface area contributed by atoms with Crippen molar-refractivity contribution >= 4 is 17.8 Å². The number of carbonyl (C=O) groups is 2. The van der Waals surface area contributed by atoms with E-state index in [1.165, 1.54) is 5.56 Å². The third-order valence-corrected chi connectivity index (χ3v) is 8.26. The van der Waals surface area contributed by atoms with E-state index in [2.05, 4.69) is 32.3 Å². The van der Waals surface area contributed by atoms with E-state index < -0.39 is 11.6 Å². The van der Waals surface area contributed by atoms with Gasteiger partial charge in [-0.1, -0.05) is 37.3 Å². The molecule has 0 aliphatic carbocycles. The molecule has 6 rings (SSSR count). The molecule has 0 spiro atoms. The summed E-state index contributed by atoms with van der Waals surface area (Å²) in [5, 5.41) is 16.0. The van der Waals surface area contributed by atoms with Gasteiger partial charge in [0.1, 0.15) is 23.0 Å². The molecule has 10 heteroatoms. The lowest BCUT2D eigenvalue weighted by Crippen LogP contribution is -2.51. The second kappa shape index (κ2) is 10.4. The monoisotopic (exact) mass is 542 g/mol. The number of rotatable bonds is 7. The summed E-state index contributed by atoms with van der Waals surface area (Å²) in [6.45, 7) is 8.55. The zero-order chi connectivity index (χ0) is 27.9. The minimum atomic E-state index is -1.24. The molecule has 208 valence electrons. The Balaban J connectivity index is 1.25. The highest BCUT2D eigenvalue weighted by atomic mass is 16.5. The Hall–Kier alpha value is -4.15. The maximum atomic E-state index is 13.2. The van der Waals surface area contributed by atoms with Gasteiger partial charge in [0.2, 0.25) is 0 Å². The molecule has 3 aliphatic heterocycles. The molecule has 3 amide bonds. The zero-order valence-electron chi connectivity index (χ0n) is 22.8. The maximum absolute atomic E-state index is 13.2. The first-order chi connectivity index (χ1) is 19.4. The van der Waals surface area contributed by atoms with E-state index >= 15 is 0 Å². The number of aromatic hydroxyl groups is 1. The lowest BCUT2D eigenvalue weighted by atomic mass is 9.88. The Morgan fingerprint density at radius 3 is 2.38 bits per heavy atom. The lowest BCUT2D eigenvalue weighted by Gasteiger charge is -2.35. The standard InChI is InChI=1S/C30H34N6O4/c1-3-34-12-14-36(15-13-34)26-11-10-25(37)27(31-26)20-4-7-23(8-5-20)30(28(38)32-29(39)33-30)19-35-17-21-6-9-24(40-2)16-22(21)18-35/h4-11,16,37H,3,12-15,17-19H2,1-2H3,(H2,32,33,38,39). The summed E-state index contributed by atoms with van der Waals surface area (Å²) in [6, 6.07) is 16.4. The number of methoxy groups -OCH3 is 1. The van der Waals surface area contributed by atoms with Crippen molar-refractivity contribution in [3.63, 3.8) is 0 Å². The molecule has 4 heterocycles. The predicted octanol–water partition coefficient (Wildman–Crippen LogP) is 2.66. The molecule has 0 radical (unpaired) electrons. The quantitative estimate of drug-likeness (QED) is 0.391. The first-order valence-electron chi connectivity index (χ1n) is 13.7. The number of likely N-dealkylation sites (N-methyl/N-ethyl adjacent to an activating group) is 1. The highest BCUT2D eigenvalue weighted by Gasteiger charge is 2.49. The van der Waals surface area contributed by atoms with Gasteiger partial charge in [-0.05, 0) is 47.5 Å². The lowest BCUT2D eigenvalue weighted by molar-refractivity contribution is -0.125. The summed E-state index contributed by atoms with van der Waals surface area (Å²) < 4.78 is 5.37. The summed E-state index contributed by atoms with van der Waals surface area (Å²) in [4.78, 5) is 37.2. The van der Waals surface area contributed by atoms with Crippen LogP contribution in [0.15, 0.2) is 54.6 Å². The van der Waals surface area contributed by atoms with Gasteiger partial charge in [0.15, 0.2) is 5.54 Å². The van der Waals surface area contributed by atoms with Crippen molar-refractivity contribution in [2.75, 3.05) is 51.3 Å². The van der Waals surface area contributed by atoms with Gasteiger partial charge in [-0.3, -0.25) is 15.0 Å². The molecular weight excluding hydrogens is 508 g/mol. The number of imide groups is 1. The minimum absolute atomic E-state index is 0.0931. The van der Waals surface area contributed by atoms with Crippen LogP contribution in [0.2, 0.25) is 0 Å². The molecule has 3 aromatic rings. The van der Waals surface area contributed by atoms with Gasteiger partial charge in [0.05, 0.1) is 7.11 Å². The molecule has 0 saturated carbocycles. The second-order valence-electron chi connectivity index (χ2n) is 10.6. The number of hydrogen-bond donors (Lipinski definition) is 3. The highest BCUT2D eigenvalue weighted by molar-refractivity contribution is 6.07. The zero-order valence-corrected chi connectivity index (χ0v) is 22.8. The van der Waals surface area contributed by atoms with Crippen molar-refractivity contribution in [1.29, 1.82) is 0 Å². The van der Waals surface area contributed by atoms with Crippen molar-refractivity contribution < 1.29 is 19.4 Å². The summed E-state index contributed by atoms with van der Waals surface area (Å²) >= 11 is 0. The number of benzene rings is 2. The average molecular weight is 543 g/mol. The van der Waals surface area contributed by atoms with Crippen LogP contribution < -0.4 is 20.3 Å². The number of ether oxygens (including phenoxy) is 1. The van der Waals surface area contributed by atoms with E-state index in [0.29, 0.717) is 30.9 Å². The number of amides is 3. The first-order valence-corrected chi connectivity index (χ1v) is 13.7. The SMILES string of the molecule is CCN1CCN(c2ccc(O)c(-c3ccc(C4(CN5Cc6ccc(OC)cc6C5)NC(=O)NC4=O)cc3)n2)CC1. The molecule has 0 bridgehead atoms. The molecule has 1 aromatic heterocycles. The number of nitrogens with zero attached hydrogens (tertiary/aromatic N) is 4. The molecular formula is C30H34N6O4. The van der Waals surface area contributed by atoms with Crippen LogP contribution in [0.1, 0.15) is 23.6 Å². The van der Waals surface area contributed by atoms with Crippen LogP contribution in [0, 0.1) is 0 Å². The summed E-state index contributed by atoms with van der Waals surface area (Å²) in [5.41, 5.74) is 2.97. The fraction of sp³-hybridized carbons (Fsp3) is 0.367. The average Bonchev–Trinajstić information content (AvgIpc) is 3.51. The molecule has 3 N–H and O–H groups in total. The molecule has 3 aliphatic rings. The van der Waals surface area contributed by atoms with E-state index in [0.717, 1.165) is 55.4 Å². The molecule has 1 unspecified atom stereocenters. The molecule has 2 fully saturated rings. The number of hydrogen-bond acceptors (Lipinski definition) is 8. The third kappa shape index (κ3) is 4.73. The van der Waals surface area contributed by atoms with Crippen molar-refractivity contribution in [3.05, 3.63) is 71.3 Å². The van der Waals surface area contributed by atoms with Gasteiger partial charge in [-0.25, -0.2) is 9.78 Å². The Bertz CT molecular complexity index is 1440. The number of urea groups is 1. The smallest absolute Gasteiger partial charge is 0.322 e. The van der Waals surface area contributed by atoms with Crippen LogP contribution in [-0.4, -0.2) is 78.2 Å². The number of aromatic nitrogens is 1. The summed E-state index contributed by atoms with van der Waals surface area (Å²) in [7, 11) is 1.64. The second-order valence-corrected chi connectivity index (χ2v) is 10.6. The van der Waals surface area contributed by atoms with E-state index in [1.807, 2.05) is 48.5 Å². The normalized spacial score (nSPS) is 21.3. The first kappa shape index (κ1) is 26.1. The summed E-state index contributed by atoms with van der Waals surface area (Å²) in [5.74, 6) is 1.34. The fourth-order valence-corrected chi connectivity index (χ4v) is 5.95. The Morgan fingerprint density at radius 2 is 1.70 bits per heavy atom. The van der Waals surface area contributed by atoms with Crippen LogP contribution in [-0.2, 0) is 23.4 Å². The molecule has 2 saturated heterocycles. The number of carbonyl (C=O) groups excluding carboxylic acids is 2. The van der Waals surface area contributed by atoms with E-state index in [4.69, 9.17) is 9.72 Å². The van der Waals surface area contributed by atoms with Crippen LogP contribution >= 0.6 is 0 Å². The van der Waals surface area contributed by atoms with Crippen LogP contribution in [0.4, 0.5) is 10.6 Å². The number of anilines is 1. The van der Waals surface area contributed by atoms with E-state index in [1.54, 1.807) is 13.2 Å². The highest BCUT2D eigenvalue weighted by Crippen LogP contribution is 2.35. The van der Waals surface area contributed by atoms with Gasteiger partial charge < -0.3 is 25.0 Å². The Kier molecular flexibility index (Phi) is 6.81. The predicted molar refractivity (Wildman–Crippen MR) is 151 cm³/mol. The van der Waals surface area contributed by atoms with Crippen molar-refractivity contribution in [3.8, 4) is 22.8 Å². The van der Waals surface area contributed by atoms with Crippen molar-refractivity contribution in [2.45, 2.75) is 25.6 Å². The number of piperazine rings is 1. The maximum Gasteiger partial charge on any atom is 0.322 e. The molecule has 2 aromatic carbocycles. The van der Waals surface area contributed by atoms with Gasteiger partial charge in [-0.2, -0.15) is 0 Å². The molecule has 10 nitrogen and oxygen atoms in total. The number of nitrogens with one attached hydrogen (secondary N) is 2. The van der Waals surface area contributed by atoms with Crippen LogP contribution in [0.3, 0.4) is 0 Å². The summed E-state index contributed by atoms with van der Waals surface area (Å²) in [6.07, 6.45) is 0. The number of pyridine rings is 1. The Labute approximate surface area is 233 Å². The fourth-order valence-electron chi connectivity index (χ4n) is 5.95. The molecule has 40 heavy (non-hydrogen) atoms. The topological polar surface area (TPSA) is 110 Å². The number of fused-ring (bicyclic) bond motifs is 1. The van der Waals surface area contributed by atoms with Gasteiger partial charge in [0.25, 0.3) is 5.91 Å². The van der Waals surface area contributed by atoms with Crippen LogP contribution in [0.5, 0.6) is 11.5 Å². The van der Waals surface area contributed by atoms with E-state index in [-0.39, 0.29) is 11.7 Å². The van der Waals surface area contributed by atoms with E-state index in [9.17, 15) is 14.7 Å². The van der Waals surface area contributed by atoms with Gasteiger partial charge in [-0.15, -0.1) is 0 Å².